The van der Waals surface area contributed by atoms with Gasteiger partial charge in [-0.25, -0.2) is 0 Å². The van der Waals surface area contributed by atoms with Crippen LogP contribution in [0.4, 0.5) is 0 Å². The molecule has 9 heteroatoms. The lowest BCUT2D eigenvalue weighted by molar-refractivity contribution is 0.286. The van der Waals surface area contributed by atoms with Gasteiger partial charge in [-0.1, -0.05) is 56.9 Å². The molecular weight excluding hydrogens is 426 g/mol. The molecule has 0 N–H and O–H groups in total. The largest absolute Gasteiger partial charge is 0.404 e. The fourth-order valence-corrected chi connectivity index (χ4v) is 3.79. The fraction of sp³-hybridized carbons (Fsp3) is 0.333. The summed E-state index contributed by atoms with van der Waals surface area (Å²) in [6, 6.07) is 7.02. The lowest BCUT2D eigenvalue weighted by Crippen LogP contribution is -2.31. The molecule has 0 bridgehead atoms. The van der Waals surface area contributed by atoms with Gasteiger partial charge in [0, 0.05) is 27.6 Å². The number of nitriles is 1. The van der Waals surface area contributed by atoms with Crippen molar-refractivity contribution in [2.45, 2.75) is 13.8 Å². The Bertz CT molecular complexity index is 659. The minimum absolute atomic E-state index is 0.148. The molecule has 1 rings (SSSR count). The summed E-state index contributed by atoms with van der Waals surface area (Å²) in [6.07, 6.45) is 0. The van der Waals surface area contributed by atoms with Gasteiger partial charge in [-0.3, -0.25) is 4.28 Å². The van der Waals surface area contributed by atoms with Crippen molar-refractivity contribution in [3.05, 3.63) is 32.7 Å². The lowest BCUT2D eigenvalue weighted by atomic mass is 10.1. The highest BCUT2D eigenvalue weighted by atomic mass is 79.9. The Hall–Kier alpha value is -0.950. The Kier molecular flexibility index (Phi) is 6.80. The van der Waals surface area contributed by atoms with Gasteiger partial charge in [0.05, 0.1) is 0 Å². The van der Waals surface area contributed by atoms with Gasteiger partial charge in [-0.05, 0) is 12.1 Å². The van der Waals surface area contributed by atoms with Crippen LogP contribution in [0.1, 0.15) is 19.4 Å². The molecule has 0 spiro atoms. The molecule has 0 saturated heterocycles. The summed E-state index contributed by atoms with van der Waals surface area (Å²) in [7, 11) is -4.00. The van der Waals surface area contributed by atoms with E-state index in [-0.39, 0.29) is 18.8 Å². The average Bonchev–Trinajstić information content (AvgIpc) is 2.43. The van der Waals surface area contributed by atoms with Gasteiger partial charge < -0.3 is 0 Å². The van der Waals surface area contributed by atoms with E-state index >= 15 is 0 Å². The van der Waals surface area contributed by atoms with E-state index in [0.717, 1.165) is 4.31 Å². The van der Waals surface area contributed by atoms with Crippen LogP contribution in [0.2, 0.25) is 0 Å². The summed E-state index contributed by atoms with van der Waals surface area (Å²) in [5.74, 6) is 0. The Balaban J connectivity index is 3.16. The normalized spacial score (nSPS) is 12.3. The molecule has 0 unspecified atom stereocenters. The van der Waals surface area contributed by atoms with Crippen LogP contribution in [0.3, 0.4) is 0 Å². The summed E-state index contributed by atoms with van der Waals surface area (Å²) in [6.45, 7) is 3.89. The van der Waals surface area contributed by atoms with Gasteiger partial charge in [-0.15, -0.1) is 0 Å². The molecule has 0 amide bonds. The van der Waals surface area contributed by atoms with Crippen molar-refractivity contribution in [1.29, 1.82) is 5.26 Å². The van der Waals surface area contributed by atoms with E-state index in [9.17, 15) is 8.42 Å². The summed E-state index contributed by atoms with van der Waals surface area (Å²) >= 11 is 6.58. The second-order valence-corrected chi connectivity index (χ2v) is 6.99. The standard InChI is InChI=1S/C12H13Br2N3O3S/c1-3-17(4-2)21(18,19)20-16-11(8-15)12-9(13)6-5-7-10(12)14/h5-7H,3-4H2,1-2H3/b16-11-. The second-order valence-electron chi connectivity index (χ2n) is 3.76. The highest BCUT2D eigenvalue weighted by Crippen LogP contribution is 2.26. The molecule has 0 atom stereocenters. The quantitative estimate of drug-likeness (QED) is 0.504. The van der Waals surface area contributed by atoms with E-state index in [1.165, 1.54) is 0 Å². The van der Waals surface area contributed by atoms with Crippen molar-refractivity contribution in [3.63, 3.8) is 0 Å². The van der Waals surface area contributed by atoms with Gasteiger partial charge in [0.25, 0.3) is 0 Å². The fourth-order valence-electron chi connectivity index (χ4n) is 1.52. The predicted octanol–water partition coefficient (Wildman–Crippen LogP) is 3.04. The van der Waals surface area contributed by atoms with Crippen LogP contribution in [0.5, 0.6) is 0 Å². The topological polar surface area (TPSA) is 82.8 Å². The molecule has 0 aliphatic rings. The molecule has 0 aromatic heterocycles. The zero-order valence-corrected chi connectivity index (χ0v) is 15.4. The number of halogens is 2. The Labute approximate surface area is 140 Å². The molecule has 0 saturated carbocycles. The van der Waals surface area contributed by atoms with Crippen LogP contribution < -0.4 is 0 Å². The smallest absolute Gasteiger partial charge is 0.255 e. The first-order valence-corrected chi connectivity index (χ1v) is 8.93. The summed E-state index contributed by atoms with van der Waals surface area (Å²) in [4.78, 5) is 0. The Morgan fingerprint density at radius 2 is 1.86 bits per heavy atom. The third-order valence-electron chi connectivity index (χ3n) is 2.55. The first-order valence-electron chi connectivity index (χ1n) is 5.98. The number of hydrogen-bond acceptors (Lipinski definition) is 5. The van der Waals surface area contributed by atoms with Crippen molar-refractivity contribution in [2.75, 3.05) is 13.1 Å². The highest BCUT2D eigenvalue weighted by Gasteiger charge is 2.21. The van der Waals surface area contributed by atoms with Crippen LogP contribution >= 0.6 is 31.9 Å². The number of benzene rings is 1. The van der Waals surface area contributed by atoms with Crippen molar-refractivity contribution in [1.82, 2.24) is 4.31 Å². The number of oxime groups is 1. The highest BCUT2D eigenvalue weighted by molar-refractivity contribution is 9.11. The van der Waals surface area contributed by atoms with Gasteiger partial charge >= 0.3 is 10.3 Å². The van der Waals surface area contributed by atoms with Crippen LogP contribution in [0, 0.1) is 11.3 Å². The summed E-state index contributed by atoms with van der Waals surface area (Å²) < 4.78 is 30.7. The Morgan fingerprint density at radius 1 is 1.33 bits per heavy atom. The predicted molar refractivity (Wildman–Crippen MR) is 86.9 cm³/mol. The van der Waals surface area contributed by atoms with Crippen molar-refractivity contribution < 1.29 is 12.7 Å². The van der Waals surface area contributed by atoms with E-state index in [4.69, 9.17) is 5.26 Å². The molecule has 0 fully saturated rings. The second kappa shape index (κ2) is 7.89. The van der Waals surface area contributed by atoms with Crippen LogP contribution in [0.25, 0.3) is 0 Å². The first kappa shape index (κ1) is 18.1. The maximum absolute atomic E-state index is 11.9. The molecule has 0 heterocycles. The van der Waals surface area contributed by atoms with E-state index in [1.54, 1.807) is 32.0 Å². The molecule has 6 nitrogen and oxygen atoms in total. The number of rotatable bonds is 6. The molecule has 0 aliphatic carbocycles. The maximum atomic E-state index is 11.9. The summed E-state index contributed by atoms with van der Waals surface area (Å²) in [5, 5.41) is 12.7. The van der Waals surface area contributed by atoms with Crippen LogP contribution in [-0.2, 0) is 14.6 Å². The zero-order valence-electron chi connectivity index (χ0n) is 11.4. The monoisotopic (exact) mass is 437 g/mol. The molecule has 1 aromatic rings. The van der Waals surface area contributed by atoms with Crippen molar-refractivity contribution in [2.24, 2.45) is 5.16 Å². The molecule has 0 aliphatic heterocycles. The van der Waals surface area contributed by atoms with Gasteiger partial charge in [0.1, 0.15) is 6.07 Å². The van der Waals surface area contributed by atoms with Gasteiger partial charge in [0.15, 0.2) is 5.71 Å². The summed E-state index contributed by atoms with van der Waals surface area (Å²) in [5.41, 5.74) is 0.278. The van der Waals surface area contributed by atoms with E-state index in [2.05, 4.69) is 41.3 Å². The van der Waals surface area contributed by atoms with Crippen molar-refractivity contribution >= 4 is 47.9 Å². The minimum atomic E-state index is -4.00. The lowest BCUT2D eigenvalue weighted by Gasteiger charge is -2.15. The molecular formula is C12H13Br2N3O3S. The van der Waals surface area contributed by atoms with Crippen LogP contribution in [-0.4, -0.2) is 31.5 Å². The van der Waals surface area contributed by atoms with E-state index in [1.807, 2.05) is 6.07 Å². The average molecular weight is 439 g/mol. The third-order valence-corrected chi connectivity index (χ3v) is 5.28. The molecule has 0 radical (unpaired) electrons. The maximum Gasteiger partial charge on any atom is 0.404 e. The molecule has 1 aromatic carbocycles. The van der Waals surface area contributed by atoms with E-state index < -0.39 is 10.3 Å². The Morgan fingerprint density at radius 3 is 2.29 bits per heavy atom. The van der Waals surface area contributed by atoms with E-state index in [0.29, 0.717) is 14.5 Å². The molecule has 21 heavy (non-hydrogen) atoms. The minimum Gasteiger partial charge on any atom is -0.255 e. The van der Waals surface area contributed by atoms with Crippen molar-refractivity contribution in [3.8, 4) is 6.07 Å². The van der Waals surface area contributed by atoms with Gasteiger partial charge in [0.2, 0.25) is 0 Å². The third kappa shape index (κ3) is 4.51. The van der Waals surface area contributed by atoms with Crippen LogP contribution in [0.15, 0.2) is 32.3 Å². The number of hydrogen-bond donors (Lipinski definition) is 0. The van der Waals surface area contributed by atoms with Gasteiger partial charge in [-0.2, -0.15) is 18.0 Å². The molecule has 114 valence electrons. The SMILES string of the molecule is CCN(CC)S(=O)(=O)O/N=C(/C#N)c1c(Br)cccc1Br. The first-order chi connectivity index (χ1) is 9.87. The zero-order chi connectivity index (χ0) is 16.0. The number of nitrogens with zero attached hydrogens (tertiary/aromatic N) is 3.